The van der Waals surface area contributed by atoms with Crippen molar-refractivity contribution in [2.24, 2.45) is 11.7 Å². The van der Waals surface area contributed by atoms with E-state index in [1.165, 1.54) is 6.07 Å². The van der Waals surface area contributed by atoms with Crippen LogP contribution >= 0.6 is 0 Å². The molecule has 1 saturated heterocycles. The number of aromatic nitrogens is 1. The Morgan fingerprint density at radius 3 is 2.50 bits per heavy atom. The molecule has 1 aliphatic heterocycles. The van der Waals surface area contributed by atoms with Crippen LogP contribution in [0.3, 0.4) is 0 Å². The van der Waals surface area contributed by atoms with Gasteiger partial charge in [-0.3, -0.25) is 14.6 Å². The molecule has 2 heterocycles. The van der Waals surface area contributed by atoms with Gasteiger partial charge in [-0.2, -0.15) is 17.6 Å². The second-order valence-corrected chi connectivity index (χ2v) is 7.54. The molecular weight excluding hydrogens is 441 g/mol. The zero-order valence-corrected chi connectivity index (χ0v) is 16.7. The first-order valence-electron chi connectivity index (χ1n) is 9.26. The number of phenols is 1. The number of amides is 2. The standard InChI is InChI=1S/C20H18F5N3O4/c1-8-13(10-3-4-11(21)14(22)15(10)29)16(32-19(8,2)20(23,24)25)18(31)28-9-5-6-27-12(7-9)17(26)30/h3-8,13,16,29H,1-2H3,(H2,26,30)(H,27,28,31)/t8-,13+,16+,19-/m0/s1. The third kappa shape index (κ3) is 3.85. The fourth-order valence-electron chi connectivity index (χ4n) is 3.70. The number of phenolic OH excluding ortho intramolecular Hbond substituents is 1. The van der Waals surface area contributed by atoms with Gasteiger partial charge in [-0.15, -0.1) is 0 Å². The van der Waals surface area contributed by atoms with Gasteiger partial charge >= 0.3 is 6.18 Å². The maximum Gasteiger partial charge on any atom is 0.417 e. The van der Waals surface area contributed by atoms with E-state index in [2.05, 4.69) is 10.3 Å². The van der Waals surface area contributed by atoms with E-state index < -0.39 is 64.5 Å². The smallest absolute Gasteiger partial charge is 0.417 e. The van der Waals surface area contributed by atoms with Crippen molar-refractivity contribution in [3.63, 3.8) is 0 Å². The molecule has 4 N–H and O–H groups in total. The van der Waals surface area contributed by atoms with Crippen LogP contribution in [0.2, 0.25) is 0 Å². The van der Waals surface area contributed by atoms with Gasteiger partial charge in [0.2, 0.25) is 5.82 Å². The number of carbonyl (C=O) groups is 2. The van der Waals surface area contributed by atoms with Crippen molar-refractivity contribution in [3.05, 3.63) is 53.4 Å². The zero-order chi connectivity index (χ0) is 24.0. The number of carbonyl (C=O) groups excluding carboxylic acids is 2. The number of nitrogens with zero attached hydrogens (tertiary/aromatic N) is 1. The highest BCUT2D eigenvalue weighted by Gasteiger charge is 2.65. The quantitative estimate of drug-likeness (QED) is 0.608. The summed E-state index contributed by atoms with van der Waals surface area (Å²) < 4.78 is 74.0. The number of hydrogen-bond acceptors (Lipinski definition) is 5. The summed E-state index contributed by atoms with van der Waals surface area (Å²) >= 11 is 0. The molecule has 1 aliphatic rings. The normalized spacial score (nSPS) is 25.5. The summed E-state index contributed by atoms with van der Waals surface area (Å²) in [6.07, 6.45) is -5.63. The summed E-state index contributed by atoms with van der Waals surface area (Å²) in [5.74, 6) is -9.22. The molecule has 0 unspecified atom stereocenters. The average molecular weight is 459 g/mol. The Balaban J connectivity index is 2.05. The highest BCUT2D eigenvalue weighted by atomic mass is 19.4. The summed E-state index contributed by atoms with van der Waals surface area (Å²) in [7, 11) is 0. The molecule has 3 rings (SSSR count). The minimum atomic E-state index is -4.93. The van der Waals surface area contributed by atoms with Gasteiger partial charge in [0.15, 0.2) is 17.2 Å². The Morgan fingerprint density at radius 1 is 1.25 bits per heavy atom. The van der Waals surface area contributed by atoms with Gasteiger partial charge in [0.25, 0.3) is 11.8 Å². The highest BCUT2D eigenvalue weighted by Crippen LogP contribution is 2.54. The van der Waals surface area contributed by atoms with E-state index in [1.807, 2.05) is 0 Å². The van der Waals surface area contributed by atoms with E-state index in [0.29, 0.717) is 6.07 Å². The van der Waals surface area contributed by atoms with Crippen molar-refractivity contribution in [3.8, 4) is 5.75 Å². The number of pyridine rings is 1. The summed E-state index contributed by atoms with van der Waals surface area (Å²) in [4.78, 5) is 27.9. The van der Waals surface area contributed by atoms with Crippen LogP contribution < -0.4 is 11.1 Å². The van der Waals surface area contributed by atoms with Crippen LogP contribution in [0.1, 0.15) is 35.8 Å². The first-order chi connectivity index (χ1) is 14.8. The molecule has 7 nitrogen and oxygen atoms in total. The van der Waals surface area contributed by atoms with E-state index in [-0.39, 0.29) is 11.4 Å². The molecule has 0 aliphatic carbocycles. The van der Waals surface area contributed by atoms with Crippen molar-refractivity contribution < 1.29 is 41.4 Å². The number of ether oxygens (including phenoxy) is 1. The molecule has 0 saturated carbocycles. The summed E-state index contributed by atoms with van der Waals surface area (Å²) in [5.41, 5.74) is 1.64. The highest BCUT2D eigenvalue weighted by molar-refractivity contribution is 5.97. The molecule has 0 radical (unpaired) electrons. The van der Waals surface area contributed by atoms with Gasteiger partial charge in [0, 0.05) is 29.3 Å². The van der Waals surface area contributed by atoms with Crippen LogP contribution in [0.25, 0.3) is 0 Å². The minimum absolute atomic E-state index is 0.0103. The largest absolute Gasteiger partial charge is 0.505 e. The van der Waals surface area contributed by atoms with Crippen molar-refractivity contribution in [2.45, 2.75) is 37.6 Å². The van der Waals surface area contributed by atoms with Crippen LogP contribution in [-0.2, 0) is 9.53 Å². The molecule has 172 valence electrons. The maximum absolute atomic E-state index is 14.0. The predicted molar refractivity (Wildman–Crippen MR) is 101 cm³/mol. The lowest BCUT2D eigenvalue weighted by Gasteiger charge is -2.31. The lowest BCUT2D eigenvalue weighted by atomic mass is 9.77. The average Bonchev–Trinajstić information content (AvgIpc) is 2.99. The number of halogens is 5. The van der Waals surface area contributed by atoms with E-state index >= 15 is 0 Å². The van der Waals surface area contributed by atoms with Gasteiger partial charge in [0.1, 0.15) is 11.8 Å². The Labute approximate surface area is 178 Å². The summed E-state index contributed by atoms with van der Waals surface area (Å²) in [6.45, 7) is 1.86. The van der Waals surface area contributed by atoms with Gasteiger partial charge in [-0.25, -0.2) is 4.39 Å². The number of rotatable bonds is 4. The number of aromatic hydroxyl groups is 1. The Morgan fingerprint density at radius 2 is 1.91 bits per heavy atom. The van der Waals surface area contributed by atoms with Crippen LogP contribution in [0.5, 0.6) is 5.75 Å². The third-order valence-electron chi connectivity index (χ3n) is 5.67. The Hall–Kier alpha value is -3.28. The Bertz CT molecular complexity index is 1080. The molecule has 0 bridgehead atoms. The number of anilines is 1. The van der Waals surface area contributed by atoms with Crippen molar-refractivity contribution in [1.82, 2.24) is 4.98 Å². The van der Waals surface area contributed by atoms with Gasteiger partial charge in [0.05, 0.1) is 0 Å². The van der Waals surface area contributed by atoms with Crippen molar-refractivity contribution in [1.29, 1.82) is 0 Å². The summed E-state index contributed by atoms with van der Waals surface area (Å²) in [5, 5.41) is 12.4. The van der Waals surface area contributed by atoms with Crippen LogP contribution in [0.4, 0.5) is 27.6 Å². The monoisotopic (exact) mass is 459 g/mol. The van der Waals surface area contributed by atoms with Gasteiger partial charge in [-0.05, 0) is 25.1 Å². The van der Waals surface area contributed by atoms with E-state index in [0.717, 1.165) is 32.2 Å². The SMILES string of the molecule is C[C@H]1[C@H](c2ccc(F)c(F)c2O)[C@H](C(=O)Nc2ccnc(C(N)=O)c2)O[C@]1(C)C(F)(F)F. The first kappa shape index (κ1) is 23.4. The number of nitrogens with two attached hydrogens (primary N) is 1. The van der Waals surface area contributed by atoms with Gasteiger partial charge in [-0.1, -0.05) is 13.0 Å². The van der Waals surface area contributed by atoms with Gasteiger partial charge < -0.3 is 20.9 Å². The molecule has 32 heavy (non-hydrogen) atoms. The molecule has 1 aromatic heterocycles. The molecule has 4 atom stereocenters. The first-order valence-corrected chi connectivity index (χ1v) is 9.26. The van der Waals surface area contributed by atoms with Crippen molar-refractivity contribution >= 4 is 17.5 Å². The fourth-order valence-corrected chi connectivity index (χ4v) is 3.70. The number of alkyl halides is 3. The molecule has 2 aromatic rings. The van der Waals surface area contributed by atoms with Crippen LogP contribution in [0.15, 0.2) is 30.5 Å². The maximum atomic E-state index is 14.0. The lowest BCUT2D eigenvalue weighted by molar-refractivity contribution is -0.272. The molecular formula is C20H18F5N3O4. The molecule has 1 aromatic carbocycles. The zero-order valence-electron chi connectivity index (χ0n) is 16.7. The second-order valence-electron chi connectivity index (χ2n) is 7.54. The molecule has 2 amide bonds. The van der Waals surface area contributed by atoms with Crippen LogP contribution in [0, 0.1) is 17.6 Å². The van der Waals surface area contributed by atoms with E-state index in [9.17, 15) is 36.6 Å². The van der Waals surface area contributed by atoms with Crippen LogP contribution in [-0.4, -0.2) is 39.8 Å². The third-order valence-corrected chi connectivity index (χ3v) is 5.67. The fraction of sp³-hybridized carbons (Fsp3) is 0.350. The Kier molecular flexibility index (Phi) is 5.85. The second kappa shape index (κ2) is 8.01. The molecule has 1 fully saturated rings. The van der Waals surface area contributed by atoms with E-state index in [1.54, 1.807) is 0 Å². The molecule has 12 heteroatoms. The van der Waals surface area contributed by atoms with E-state index in [4.69, 9.17) is 10.5 Å². The number of benzene rings is 1. The van der Waals surface area contributed by atoms with Crippen molar-refractivity contribution in [2.75, 3.05) is 5.32 Å². The lowest BCUT2D eigenvalue weighted by Crippen LogP contribution is -2.47. The number of hydrogen-bond donors (Lipinski definition) is 3. The topological polar surface area (TPSA) is 115 Å². The molecule has 0 spiro atoms. The predicted octanol–water partition coefficient (Wildman–Crippen LogP) is 3.24. The number of nitrogens with one attached hydrogen (secondary N) is 1. The minimum Gasteiger partial charge on any atom is -0.505 e. The summed E-state index contributed by atoms with van der Waals surface area (Å²) in [6, 6.07) is 3.90. The number of primary amides is 1.